The molecule has 0 aliphatic carbocycles. The lowest BCUT2D eigenvalue weighted by Gasteiger charge is -2.28. The molecule has 0 bridgehead atoms. The van der Waals surface area contributed by atoms with Crippen LogP contribution in [0.25, 0.3) is 0 Å². The molecule has 0 saturated heterocycles. The normalized spacial score (nSPS) is 13.2. The second-order valence-corrected chi connectivity index (χ2v) is 5.93. The van der Waals surface area contributed by atoms with E-state index < -0.39 is 6.10 Å². The van der Waals surface area contributed by atoms with Gasteiger partial charge in [-0.3, -0.25) is 4.79 Å². The zero-order valence-electron chi connectivity index (χ0n) is 13.0. The van der Waals surface area contributed by atoms with Crippen molar-refractivity contribution in [2.75, 3.05) is 14.2 Å². The lowest BCUT2D eigenvalue weighted by Crippen LogP contribution is -2.36. The van der Waals surface area contributed by atoms with Crippen LogP contribution in [0, 0.1) is 19.3 Å². The number of rotatable bonds is 4. The third-order valence-electron chi connectivity index (χ3n) is 3.41. The molecule has 106 valence electrons. The first-order valence-corrected chi connectivity index (χ1v) is 6.45. The second-order valence-electron chi connectivity index (χ2n) is 5.93. The quantitative estimate of drug-likeness (QED) is 0.780. The van der Waals surface area contributed by atoms with Crippen molar-refractivity contribution in [2.24, 2.45) is 5.41 Å². The minimum absolute atomic E-state index is 0.0325. The molecule has 1 unspecified atom stereocenters. The van der Waals surface area contributed by atoms with Crippen molar-refractivity contribution in [1.29, 1.82) is 0 Å². The summed E-state index contributed by atoms with van der Waals surface area (Å²) in [6.07, 6.45) is -0.483. The lowest BCUT2D eigenvalue weighted by atomic mass is 9.83. The number of aryl methyl sites for hydroxylation is 1. The Hall–Kier alpha value is -1.35. The molecule has 0 spiro atoms. The van der Waals surface area contributed by atoms with E-state index in [4.69, 9.17) is 9.47 Å². The van der Waals surface area contributed by atoms with E-state index in [9.17, 15) is 4.79 Å². The molecule has 0 aromatic heterocycles. The smallest absolute Gasteiger partial charge is 0.195 e. The Balaban J connectivity index is 3.30. The molecular weight excluding hydrogens is 240 g/mol. The fourth-order valence-corrected chi connectivity index (χ4v) is 2.24. The van der Waals surface area contributed by atoms with E-state index in [-0.39, 0.29) is 11.2 Å². The molecule has 0 aliphatic rings. The fourth-order valence-electron chi connectivity index (χ4n) is 2.24. The minimum atomic E-state index is -0.483. The van der Waals surface area contributed by atoms with Gasteiger partial charge in [0.15, 0.2) is 5.78 Å². The number of carbonyl (C=O) groups excluding carboxylic acids is 1. The molecule has 0 amide bonds. The van der Waals surface area contributed by atoms with Gasteiger partial charge in [0.2, 0.25) is 0 Å². The average Bonchev–Trinajstić information content (AvgIpc) is 2.31. The van der Waals surface area contributed by atoms with E-state index in [1.165, 1.54) is 0 Å². The van der Waals surface area contributed by atoms with Gasteiger partial charge >= 0.3 is 0 Å². The molecule has 0 radical (unpaired) electrons. The molecule has 3 nitrogen and oxygen atoms in total. The van der Waals surface area contributed by atoms with Crippen LogP contribution in [-0.4, -0.2) is 26.1 Å². The Morgan fingerprint density at radius 1 is 1.16 bits per heavy atom. The summed E-state index contributed by atoms with van der Waals surface area (Å²) in [7, 11) is 3.17. The maximum atomic E-state index is 12.7. The standard InChI is InChI=1S/C16H24O3/c1-10-8-9-12(14(18-6)11(10)2)13(17)15(19-7)16(3,4)5/h8-9,15H,1-7H3. The molecule has 19 heavy (non-hydrogen) atoms. The minimum Gasteiger partial charge on any atom is -0.496 e. The van der Waals surface area contributed by atoms with E-state index >= 15 is 0 Å². The molecule has 0 fully saturated rings. The van der Waals surface area contributed by atoms with Gasteiger partial charge < -0.3 is 9.47 Å². The number of hydrogen-bond donors (Lipinski definition) is 0. The molecule has 0 aliphatic heterocycles. The summed E-state index contributed by atoms with van der Waals surface area (Å²) in [6, 6.07) is 3.77. The molecule has 0 N–H and O–H groups in total. The first-order valence-electron chi connectivity index (χ1n) is 6.45. The van der Waals surface area contributed by atoms with Crippen molar-refractivity contribution in [3.8, 4) is 5.75 Å². The Morgan fingerprint density at radius 3 is 2.16 bits per heavy atom. The van der Waals surface area contributed by atoms with Gasteiger partial charge in [0.05, 0.1) is 12.7 Å². The molecule has 1 rings (SSSR count). The highest BCUT2D eigenvalue weighted by atomic mass is 16.5. The summed E-state index contributed by atoms with van der Waals surface area (Å²) in [5.41, 5.74) is 2.44. The molecule has 1 aromatic carbocycles. The molecule has 1 aromatic rings. The third kappa shape index (κ3) is 3.16. The summed E-state index contributed by atoms with van der Waals surface area (Å²) in [6.45, 7) is 9.94. The fraction of sp³-hybridized carbons (Fsp3) is 0.562. The van der Waals surface area contributed by atoms with Crippen LogP contribution in [0.3, 0.4) is 0 Å². The SMILES string of the molecule is COc1c(C(=O)C(OC)C(C)(C)C)ccc(C)c1C. The number of hydrogen-bond acceptors (Lipinski definition) is 3. The van der Waals surface area contributed by atoms with Gasteiger partial charge in [-0.25, -0.2) is 0 Å². The highest BCUT2D eigenvalue weighted by molar-refractivity contribution is 6.02. The maximum Gasteiger partial charge on any atom is 0.195 e. The van der Waals surface area contributed by atoms with E-state index in [0.717, 1.165) is 11.1 Å². The van der Waals surface area contributed by atoms with E-state index in [2.05, 4.69) is 0 Å². The summed E-state index contributed by atoms with van der Waals surface area (Å²) in [5, 5.41) is 0. The number of methoxy groups -OCH3 is 2. The Morgan fingerprint density at radius 2 is 1.74 bits per heavy atom. The zero-order chi connectivity index (χ0) is 14.8. The van der Waals surface area contributed by atoms with Crippen LogP contribution >= 0.6 is 0 Å². The van der Waals surface area contributed by atoms with Gasteiger partial charge in [0.25, 0.3) is 0 Å². The Bertz CT molecular complexity index is 470. The molecule has 3 heteroatoms. The summed E-state index contributed by atoms with van der Waals surface area (Å²) in [4.78, 5) is 12.7. The largest absolute Gasteiger partial charge is 0.496 e. The van der Waals surface area contributed by atoms with Crippen molar-refractivity contribution >= 4 is 5.78 Å². The number of ketones is 1. The van der Waals surface area contributed by atoms with Gasteiger partial charge in [-0.2, -0.15) is 0 Å². The molecular formula is C16H24O3. The van der Waals surface area contributed by atoms with Crippen LogP contribution in [-0.2, 0) is 4.74 Å². The predicted molar refractivity (Wildman–Crippen MR) is 77.1 cm³/mol. The maximum absolute atomic E-state index is 12.7. The Labute approximate surface area is 115 Å². The average molecular weight is 264 g/mol. The van der Waals surface area contributed by atoms with Gasteiger partial charge in [0.1, 0.15) is 11.9 Å². The van der Waals surface area contributed by atoms with Crippen molar-refractivity contribution < 1.29 is 14.3 Å². The van der Waals surface area contributed by atoms with Crippen molar-refractivity contribution in [1.82, 2.24) is 0 Å². The van der Waals surface area contributed by atoms with Gasteiger partial charge in [0, 0.05) is 7.11 Å². The van der Waals surface area contributed by atoms with Crippen molar-refractivity contribution in [3.63, 3.8) is 0 Å². The highest BCUT2D eigenvalue weighted by Crippen LogP contribution is 2.31. The molecule has 0 heterocycles. The lowest BCUT2D eigenvalue weighted by molar-refractivity contribution is 0.0194. The van der Waals surface area contributed by atoms with Crippen molar-refractivity contribution in [3.05, 3.63) is 28.8 Å². The van der Waals surface area contributed by atoms with Crippen molar-refractivity contribution in [2.45, 2.75) is 40.7 Å². The molecule has 1 atom stereocenters. The number of carbonyl (C=O) groups is 1. The van der Waals surface area contributed by atoms with Crippen LogP contribution in [0.5, 0.6) is 5.75 Å². The second kappa shape index (κ2) is 5.74. The Kier molecular flexibility index (Phi) is 4.75. The van der Waals surface area contributed by atoms with Crippen LogP contribution in [0.15, 0.2) is 12.1 Å². The predicted octanol–water partition coefficient (Wildman–Crippen LogP) is 3.56. The first kappa shape index (κ1) is 15.7. The van der Waals surface area contributed by atoms with Crippen LogP contribution < -0.4 is 4.74 Å². The first-order chi connectivity index (χ1) is 8.73. The number of ether oxygens (including phenoxy) is 2. The van der Waals surface area contributed by atoms with Gasteiger partial charge in [-0.05, 0) is 36.5 Å². The summed E-state index contributed by atoms with van der Waals surface area (Å²) in [5.74, 6) is 0.617. The third-order valence-corrected chi connectivity index (χ3v) is 3.41. The number of Topliss-reactive ketones (excluding diaryl/α,β-unsaturated/α-hetero) is 1. The highest BCUT2D eigenvalue weighted by Gasteiger charge is 2.33. The van der Waals surface area contributed by atoms with E-state index in [1.807, 2.05) is 46.8 Å². The van der Waals surface area contributed by atoms with Crippen LogP contribution in [0.2, 0.25) is 0 Å². The van der Waals surface area contributed by atoms with Crippen LogP contribution in [0.1, 0.15) is 42.3 Å². The summed E-state index contributed by atoms with van der Waals surface area (Å²) < 4.78 is 10.8. The van der Waals surface area contributed by atoms with E-state index in [0.29, 0.717) is 11.3 Å². The number of benzene rings is 1. The topological polar surface area (TPSA) is 35.5 Å². The summed E-state index contributed by atoms with van der Waals surface area (Å²) >= 11 is 0. The van der Waals surface area contributed by atoms with Gasteiger partial charge in [-0.1, -0.05) is 26.8 Å². The zero-order valence-corrected chi connectivity index (χ0v) is 13.0. The monoisotopic (exact) mass is 264 g/mol. The van der Waals surface area contributed by atoms with Gasteiger partial charge in [-0.15, -0.1) is 0 Å². The van der Waals surface area contributed by atoms with Crippen LogP contribution in [0.4, 0.5) is 0 Å². The molecule has 0 saturated carbocycles. The van der Waals surface area contributed by atoms with E-state index in [1.54, 1.807) is 14.2 Å².